The maximum Gasteiger partial charge on any atom is 0.337 e. The number of carboxylic acid groups (broad SMARTS) is 1. The summed E-state index contributed by atoms with van der Waals surface area (Å²) in [5.74, 6) is -0.108. The summed E-state index contributed by atoms with van der Waals surface area (Å²) in [5, 5.41) is 11.2. The molecule has 3 rings (SSSR count). The Labute approximate surface area is 113 Å². The van der Waals surface area contributed by atoms with Gasteiger partial charge in [-0.1, -0.05) is 12.1 Å². The second kappa shape index (κ2) is 4.51. The molecule has 0 bridgehead atoms. The molecule has 96 valence electrons. The highest BCUT2D eigenvalue weighted by Gasteiger charge is 2.15. The first-order chi connectivity index (χ1) is 9.16. The first-order valence-electron chi connectivity index (χ1n) is 5.88. The van der Waals surface area contributed by atoms with E-state index in [0.717, 1.165) is 17.9 Å². The minimum atomic E-state index is -0.939. The van der Waals surface area contributed by atoms with E-state index in [1.807, 2.05) is 29.0 Å². The third kappa shape index (κ3) is 2.02. The predicted octanol–water partition coefficient (Wildman–Crippen LogP) is 3.15. The molecule has 5 heteroatoms. The first-order valence-corrected chi connectivity index (χ1v) is 6.76. The molecule has 0 aliphatic heterocycles. The molecule has 2 aromatic heterocycles. The highest BCUT2D eigenvalue weighted by atomic mass is 32.1. The zero-order valence-corrected chi connectivity index (χ0v) is 11.1. The predicted molar refractivity (Wildman–Crippen MR) is 74.9 cm³/mol. The number of imidazole rings is 1. The molecule has 4 nitrogen and oxygen atoms in total. The van der Waals surface area contributed by atoms with Crippen molar-refractivity contribution in [1.29, 1.82) is 0 Å². The van der Waals surface area contributed by atoms with Crippen molar-refractivity contribution in [2.45, 2.75) is 13.5 Å². The summed E-state index contributed by atoms with van der Waals surface area (Å²) < 4.78 is 2.05. The molecule has 0 aliphatic rings. The van der Waals surface area contributed by atoms with Gasteiger partial charge < -0.3 is 9.67 Å². The van der Waals surface area contributed by atoms with Crippen LogP contribution in [0.2, 0.25) is 0 Å². The SMILES string of the molecule is Cc1nc2c(C(=O)O)cccc2n1Cc1cccs1. The average molecular weight is 272 g/mol. The van der Waals surface area contributed by atoms with Crippen LogP contribution in [0, 0.1) is 6.92 Å². The molecule has 0 saturated carbocycles. The van der Waals surface area contributed by atoms with Gasteiger partial charge in [-0.05, 0) is 30.5 Å². The van der Waals surface area contributed by atoms with Crippen molar-refractivity contribution in [3.63, 3.8) is 0 Å². The summed E-state index contributed by atoms with van der Waals surface area (Å²) in [7, 11) is 0. The van der Waals surface area contributed by atoms with E-state index in [1.54, 1.807) is 23.5 Å². The highest BCUT2D eigenvalue weighted by Crippen LogP contribution is 2.22. The Morgan fingerprint density at radius 2 is 2.21 bits per heavy atom. The molecule has 0 fully saturated rings. The molecule has 3 aromatic rings. The van der Waals surface area contributed by atoms with Crippen molar-refractivity contribution in [3.8, 4) is 0 Å². The number of carboxylic acids is 1. The van der Waals surface area contributed by atoms with Crippen LogP contribution in [0.1, 0.15) is 21.1 Å². The van der Waals surface area contributed by atoms with Gasteiger partial charge >= 0.3 is 5.97 Å². The molecule has 0 aliphatic carbocycles. The van der Waals surface area contributed by atoms with Crippen LogP contribution >= 0.6 is 11.3 Å². The number of para-hydroxylation sites is 1. The quantitative estimate of drug-likeness (QED) is 0.796. The van der Waals surface area contributed by atoms with Gasteiger partial charge in [0.15, 0.2) is 0 Å². The lowest BCUT2D eigenvalue weighted by atomic mass is 10.2. The molecular formula is C14H12N2O2S. The zero-order valence-electron chi connectivity index (χ0n) is 10.3. The topological polar surface area (TPSA) is 55.1 Å². The standard InChI is InChI=1S/C14H12N2O2S/c1-9-15-13-11(14(17)18)5-2-6-12(13)16(9)8-10-4-3-7-19-10/h2-7H,8H2,1H3,(H,17,18). The van der Waals surface area contributed by atoms with Crippen molar-refractivity contribution in [2.24, 2.45) is 0 Å². The molecule has 0 saturated heterocycles. The summed E-state index contributed by atoms with van der Waals surface area (Å²) in [6.07, 6.45) is 0. The van der Waals surface area contributed by atoms with E-state index in [1.165, 1.54) is 4.88 Å². The monoisotopic (exact) mass is 272 g/mol. The van der Waals surface area contributed by atoms with E-state index in [0.29, 0.717) is 5.52 Å². The van der Waals surface area contributed by atoms with Gasteiger partial charge in [-0.3, -0.25) is 0 Å². The van der Waals surface area contributed by atoms with Gasteiger partial charge in [-0.25, -0.2) is 9.78 Å². The van der Waals surface area contributed by atoms with Crippen LogP contribution in [0.4, 0.5) is 0 Å². The van der Waals surface area contributed by atoms with Gasteiger partial charge in [0.25, 0.3) is 0 Å². The number of nitrogens with zero attached hydrogens (tertiary/aromatic N) is 2. The van der Waals surface area contributed by atoms with Crippen LogP contribution in [0.3, 0.4) is 0 Å². The average Bonchev–Trinajstić information content (AvgIpc) is 2.98. The number of benzene rings is 1. The van der Waals surface area contributed by atoms with Crippen LogP contribution in [0.25, 0.3) is 11.0 Å². The number of hydrogen-bond acceptors (Lipinski definition) is 3. The fraction of sp³-hybridized carbons (Fsp3) is 0.143. The van der Waals surface area contributed by atoms with Crippen LogP contribution in [0.15, 0.2) is 35.7 Å². The van der Waals surface area contributed by atoms with Gasteiger partial charge in [0.05, 0.1) is 17.6 Å². The summed E-state index contributed by atoms with van der Waals surface area (Å²) in [6.45, 7) is 2.63. The summed E-state index contributed by atoms with van der Waals surface area (Å²) >= 11 is 1.68. The van der Waals surface area contributed by atoms with Gasteiger partial charge in [-0.15, -0.1) is 11.3 Å². The minimum Gasteiger partial charge on any atom is -0.478 e. The molecule has 0 unspecified atom stereocenters. The van der Waals surface area contributed by atoms with Gasteiger partial charge in [-0.2, -0.15) is 0 Å². The van der Waals surface area contributed by atoms with Crippen molar-refractivity contribution in [1.82, 2.24) is 9.55 Å². The van der Waals surface area contributed by atoms with Crippen molar-refractivity contribution in [2.75, 3.05) is 0 Å². The summed E-state index contributed by atoms with van der Waals surface area (Å²) in [5.41, 5.74) is 1.68. The lowest BCUT2D eigenvalue weighted by Crippen LogP contribution is -2.01. The van der Waals surface area contributed by atoms with Crippen molar-refractivity contribution >= 4 is 28.3 Å². The highest BCUT2D eigenvalue weighted by molar-refractivity contribution is 7.09. The van der Waals surface area contributed by atoms with Crippen LogP contribution in [-0.2, 0) is 6.54 Å². The fourth-order valence-electron chi connectivity index (χ4n) is 2.19. The molecule has 0 atom stereocenters. The lowest BCUT2D eigenvalue weighted by Gasteiger charge is -2.05. The Hall–Kier alpha value is -2.14. The molecule has 19 heavy (non-hydrogen) atoms. The minimum absolute atomic E-state index is 0.255. The first kappa shape index (κ1) is 11.9. The van der Waals surface area contributed by atoms with E-state index >= 15 is 0 Å². The normalized spacial score (nSPS) is 11.0. The molecule has 0 radical (unpaired) electrons. The van der Waals surface area contributed by atoms with Crippen LogP contribution in [-0.4, -0.2) is 20.6 Å². The van der Waals surface area contributed by atoms with Crippen molar-refractivity contribution < 1.29 is 9.90 Å². The number of aromatic carboxylic acids is 1. The number of hydrogen-bond donors (Lipinski definition) is 1. The number of carbonyl (C=O) groups is 1. The third-order valence-corrected chi connectivity index (χ3v) is 3.96. The molecule has 0 spiro atoms. The van der Waals surface area contributed by atoms with Crippen LogP contribution in [0.5, 0.6) is 0 Å². The lowest BCUT2D eigenvalue weighted by molar-refractivity contribution is 0.0699. The van der Waals surface area contributed by atoms with Gasteiger partial charge in [0.2, 0.25) is 0 Å². The molecule has 1 N–H and O–H groups in total. The Balaban J connectivity index is 2.17. The number of rotatable bonds is 3. The molecule has 0 amide bonds. The fourth-order valence-corrected chi connectivity index (χ4v) is 2.89. The van der Waals surface area contributed by atoms with E-state index < -0.39 is 5.97 Å². The smallest absolute Gasteiger partial charge is 0.337 e. The summed E-state index contributed by atoms with van der Waals surface area (Å²) in [4.78, 5) is 16.8. The second-order valence-electron chi connectivity index (χ2n) is 4.30. The van der Waals surface area contributed by atoms with E-state index in [9.17, 15) is 9.90 Å². The number of thiophene rings is 1. The Morgan fingerprint density at radius 3 is 2.89 bits per heavy atom. The Morgan fingerprint density at radius 1 is 1.37 bits per heavy atom. The maximum atomic E-state index is 11.2. The molecule has 2 heterocycles. The van der Waals surface area contributed by atoms with E-state index in [2.05, 4.69) is 11.1 Å². The van der Waals surface area contributed by atoms with E-state index in [4.69, 9.17) is 0 Å². The van der Waals surface area contributed by atoms with Crippen molar-refractivity contribution in [3.05, 3.63) is 52.0 Å². The van der Waals surface area contributed by atoms with Gasteiger partial charge in [0.1, 0.15) is 11.3 Å². The third-order valence-electron chi connectivity index (χ3n) is 3.09. The number of aromatic nitrogens is 2. The number of fused-ring (bicyclic) bond motifs is 1. The molecular weight excluding hydrogens is 260 g/mol. The van der Waals surface area contributed by atoms with E-state index in [-0.39, 0.29) is 5.56 Å². The zero-order chi connectivity index (χ0) is 13.4. The Bertz CT molecular complexity index is 744. The second-order valence-corrected chi connectivity index (χ2v) is 5.34. The largest absolute Gasteiger partial charge is 0.478 e. The number of aryl methyl sites for hydroxylation is 1. The molecule has 1 aromatic carbocycles. The van der Waals surface area contributed by atoms with Gasteiger partial charge in [0, 0.05) is 4.88 Å². The summed E-state index contributed by atoms with van der Waals surface area (Å²) in [6, 6.07) is 9.34. The maximum absolute atomic E-state index is 11.2. The Kier molecular flexibility index (Phi) is 2.83. The van der Waals surface area contributed by atoms with Crippen LogP contribution < -0.4 is 0 Å².